The molecule has 0 saturated carbocycles. The second-order valence-electron chi connectivity index (χ2n) is 5.36. The molecule has 6 heteroatoms. The summed E-state index contributed by atoms with van der Waals surface area (Å²) in [6, 6.07) is 6.68. The number of likely N-dealkylation sites (N-methyl/N-ethyl adjacent to an activating group) is 1. The first-order valence-electron chi connectivity index (χ1n) is 6.83. The summed E-state index contributed by atoms with van der Waals surface area (Å²) in [6.07, 6.45) is 0. The molecule has 1 N–H and O–H groups in total. The van der Waals surface area contributed by atoms with Crippen molar-refractivity contribution in [3.63, 3.8) is 0 Å². The minimum atomic E-state index is -0.648. The summed E-state index contributed by atoms with van der Waals surface area (Å²) in [5.41, 5.74) is 0.511. The van der Waals surface area contributed by atoms with Crippen molar-refractivity contribution in [1.29, 1.82) is 0 Å². The SMILES string of the molecule is CC(C)N(CCN(C)C)C(=O)C(=O)Nc1cccc(Cl)c1. The number of nitrogens with one attached hydrogen (secondary N) is 1. The number of hydrogen-bond donors (Lipinski definition) is 1. The molecule has 0 atom stereocenters. The van der Waals surface area contributed by atoms with E-state index in [-0.39, 0.29) is 6.04 Å². The number of amides is 2. The number of benzene rings is 1. The predicted molar refractivity (Wildman–Crippen MR) is 85.5 cm³/mol. The van der Waals surface area contributed by atoms with Crippen LogP contribution in [0.2, 0.25) is 5.02 Å². The van der Waals surface area contributed by atoms with Gasteiger partial charge in [-0.3, -0.25) is 9.59 Å². The van der Waals surface area contributed by atoms with Crippen LogP contribution in [-0.2, 0) is 9.59 Å². The summed E-state index contributed by atoms with van der Waals surface area (Å²) in [6.45, 7) is 4.99. The van der Waals surface area contributed by atoms with Crippen molar-refractivity contribution in [2.45, 2.75) is 19.9 Å². The Morgan fingerprint density at radius 2 is 1.90 bits per heavy atom. The van der Waals surface area contributed by atoms with Crippen LogP contribution in [0.5, 0.6) is 0 Å². The van der Waals surface area contributed by atoms with Gasteiger partial charge in [0.25, 0.3) is 0 Å². The van der Waals surface area contributed by atoms with E-state index < -0.39 is 11.8 Å². The zero-order valence-electron chi connectivity index (χ0n) is 12.9. The molecule has 0 radical (unpaired) electrons. The molecule has 21 heavy (non-hydrogen) atoms. The molecule has 1 aromatic carbocycles. The summed E-state index contributed by atoms with van der Waals surface area (Å²) in [5.74, 6) is -1.18. The molecule has 1 aromatic rings. The molecule has 0 bridgehead atoms. The fourth-order valence-electron chi connectivity index (χ4n) is 1.78. The van der Waals surface area contributed by atoms with Crippen molar-refractivity contribution in [3.05, 3.63) is 29.3 Å². The molecule has 5 nitrogen and oxygen atoms in total. The lowest BCUT2D eigenvalue weighted by Gasteiger charge is -2.27. The smallest absolute Gasteiger partial charge is 0.313 e. The van der Waals surface area contributed by atoms with Crippen LogP contribution in [0.4, 0.5) is 5.69 Å². The van der Waals surface area contributed by atoms with Gasteiger partial charge in [0.1, 0.15) is 0 Å². The number of rotatable bonds is 5. The Hall–Kier alpha value is -1.59. The zero-order chi connectivity index (χ0) is 16.0. The first-order chi connectivity index (χ1) is 9.81. The topological polar surface area (TPSA) is 52.7 Å². The Kier molecular flexibility index (Phi) is 6.65. The van der Waals surface area contributed by atoms with Crippen molar-refractivity contribution >= 4 is 29.1 Å². The predicted octanol–water partition coefficient (Wildman–Crippen LogP) is 2.08. The van der Waals surface area contributed by atoms with Crippen LogP contribution in [0.1, 0.15) is 13.8 Å². The molecule has 0 aliphatic carbocycles. The van der Waals surface area contributed by atoms with E-state index in [4.69, 9.17) is 11.6 Å². The third-order valence-corrected chi connectivity index (χ3v) is 3.18. The van der Waals surface area contributed by atoms with E-state index in [1.165, 1.54) is 0 Å². The van der Waals surface area contributed by atoms with Gasteiger partial charge >= 0.3 is 11.8 Å². The van der Waals surface area contributed by atoms with Gasteiger partial charge in [0.05, 0.1) is 0 Å². The summed E-state index contributed by atoms with van der Waals surface area (Å²) in [4.78, 5) is 27.8. The first kappa shape index (κ1) is 17.5. The van der Waals surface area contributed by atoms with Gasteiger partial charge in [-0.05, 0) is 46.1 Å². The lowest BCUT2D eigenvalue weighted by Crippen LogP contribution is -2.46. The Labute approximate surface area is 130 Å². The molecule has 2 amide bonds. The second-order valence-corrected chi connectivity index (χ2v) is 5.80. The molecule has 0 aliphatic heterocycles. The molecular weight excluding hydrogens is 290 g/mol. The van der Waals surface area contributed by atoms with Crippen LogP contribution < -0.4 is 5.32 Å². The maximum atomic E-state index is 12.2. The lowest BCUT2D eigenvalue weighted by atomic mass is 10.2. The summed E-state index contributed by atoms with van der Waals surface area (Å²) in [7, 11) is 3.85. The second kappa shape index (κ2) is 8.00. The summed E-state index contributed by atoms with van der Waals surface area (Å²) >= 11 is 5.85. The molecular formula is C15H22ClN3O2. The van der Waals surface area contributed by atoms with E-state index in [2.05, 4.69) is 5.32 Å². The van der Waals surface area contributed by atoms with Crippen LogP contribution in [0, 0.1) is 0 Å². The fourth-order valence-corrected chi connectivity index (χ4v) is 1.97. The number of anilines is 1. The minimum Gasteiger partial charge on any atom is -0.331 e. The molecule has 0 aromatic heterocycles. The maximum absolute atomic E-state index is 12.2. The van der Waals surface area contributed by atoms with Gasteiger partial charge in [0, 0.05) is 29.8 Å². The van der Waals surface area contributed by atoms with Gasteiger partial charge in [-0.1, -0.05) is 17.7 Å². The highest BCUT2D eigenvalue weighted by molar-refractivity contribution is 6.39. The molecule has 1 rings (SSSR count). The minimum absolute atomic E-state index is 0.0393. The Balaban J connectivity index is 2.72. The molecule has 0 unspecified atom stereocenters. The number of halogens is 1. The highest BCUT2D eigenvalue weighted by atomic mass is 35.5. The highest BCUT2D eigenvalue weighted by Crippen LogP contribution is 2.15. The van der Waals surface area contributed by atoms with Gasteiger partial charge < -0.3 is 15.1 Å². The first-order valence-corrected chi connectivity index (χ1v) is 7.21. The van der Waals surface area contributed by atoms with Crippen molar-refractivity contribution < 1.29 is 9.59 Å². The van der Waals surface area contributed by atoms with Crippen LogP contribution in [0.15, 0.2) is 24.3 Å². The van der Waals surface area contributed by atoms with Crippen LogP contribution in [0.25, 0.3) is 0 Å². The normalized spacial score (nSPS) is 10.8. The number of carbonyl (C=O) groups is 2. The number of hydrogen-bond acceptors (Lipinski definition) is 3. The van der Waals surface area contributed by atoms with Crippen molar-refractivity contribution in [1.82, 2.24) is 9.80 Å². The average molecular weight is 312 g/mol. The van der Waals surface area contributed by atoms with Crippen molar-refractivity contribution in [2.24, 2.45) is 0 Å². The van der Waals surface area contributed by atoms with Gasteiger partial charge in [0.2, 0.25) is 0 Å². The van der Waals surface area contributed by atoms with E-state index in [1.54, 1.807) is 29.2 Å². The van der Waals surface area contributed by atoms with E-state index in [1.807, 2.05) is 32.8 Å². The fraction of sp³-hybridized carbons (Fsp3) is 0.467. The van der Waals surface area contributed by atoms with E-state index >= 15 is 0 Å². The largest absolute Gasteiger partial charge is 0.331 e. The van der Waals surface area contributed by atoms with Crippen LogP contribution in [0.3, 0.4) is 0 Å². The Morgan fingerprint density at radius 3 is 2.43 bits per heavy atom. The van der Waals surface area contributed by atoms with Gasteiger partial charge in [-0.25, -0.2) is 0 Å². The van der Waals surface area contributed by atoms with Crippen molar-refractivity contribution in [3.8, 4) is 0 Å². The van der Waals surface area contributed by atoms with Gasteiger partial charge in [-0.2, -0.15) is 0 Å². The lowest BCUT2D eigenvalue weighted by molar-refractivity contribution is -0.144. The van der Waals surface area contributed by atoms with E-state index in [9.17, 15) is 9.59 Å². The third kappa shape index (κ3) is 5.73. The number of carbonyl (C=O) groups excluding carboxylic acids is 2. The van der Waals surface area contributed by atoms with Crippen molar-refractivity contribution in [2.75, 3.05) is 32.5 Å². The van der Waals surface area contributed by atoms with Gasteiger partial charge in [-0.15, -0.1) is 0 Å². The standard InChI is InChI=1S/C15H22ClN3O2/c1-11(2)19(9-8-18(3)4)15(21)14(20)17-13-7-5-6-12(16)10-13/h5-7,10-11H,8-9H2,1-4H3,(H,17,20). The quantitative estimate of drug-likeness (QED) is 0.847. The number of nitrogens with zero attached hydrogens (tertiary/aromatic N) is 2. The monoisotopic (exact) mass is 311 g/mol. The third-order valence-electron chi connectivity index (χ3n) is 2.95. The molecule has 116 valence electrons. The molecule has 0 heterocycles. The van der Waals surface area contributed by atoms with Crippen LogP contribution in [-0.4, -0.2) is 54.8 Å². The molecule has 0 saturated heterocycles. The summed E-state index contributed by atoms with van der Waals surface area (Å²) in [5, 5.41) is 3.09. The Bertz CT molecular complexity index is 503. The average Bonchev–Trinajstić information content (AvgIpc) is 2.37. The van der Waals surface area contributed by atoms with E-state index in [0.29, 0.717) is 23.8 Å². The van der Waals surface area contributed by atoms with E-state index in [0.717, 1.165) is 0 Å². The maximum Gasteiger partial charge on any atom is 0.313 e. The Morgan fingerprint density at radius 1 is 1.24 bits per heavy atom. The molecule has 0 fully saturated rings. The molecule has 0 spiro atoms. The molecule has 0 aliphatic rings. The van der Waals surface area contributed by atoms with Crippen LogP contribution >= 0.6 is 11.6 Å². The highest BCUT2D eigenvalue weighted by Gasteiger charge is 2.24. The van der Waals surface area contributed by atoms with Gasteiger partial charge in [0.15, 0.2) is 0 Å². The zero-order valence-corrected chi connectivity index (χ0v) is 13.6. The summed E-state index contributed by atoms with van der Waals surface area (Å²) < 4.78 is 0.